The normalized spacial score (nSPS) is 13.7. The number of anilines is 1. The van der Waals surface area contributed by atoms with Gasteiger partial charge in [-0.15, -0.1) is 11.3 Å². The number of hydrogen-bond donors (Lipinski definition) is 1. The molecular weight excluding hydrogens is 328 g/mol. The van der Waals surface area contributed by atoms with Gasteiger partial charge in [0.15, 0.2) is 5.13 Å². The van der Waals surface area contributed by atoms with Crippen LogP contribution in [0.15, 0.2) is 41.5 Å². The fourth-order valence-electron chi connectivity index (χ4n) is 2.31. The van der Waals surface area contributed by atoms with E-state index in [9.17, 15) is 14.4 Å². The van der Waals surface area contributed by atoms with Crippen molar-refractivity contribution in [1.82, 2.24) is 9.88 Å². The van der Waals surface area contributed by atoms with Gasteiger partial charge < -0.3 is 0 Å². The SMILES string of the molecule is C/C(=C\C#N)N1C(=O)c2ccc(C(=O)Nc3nccs3)cc2C1=O. The molecule has 24 heavy (non-hydrogen) atoms. The summed E-state index contributed by atoms with van der Waals surface area (Å²) in [4.78, 5) is 41.8. The molecule has 0 spiro atoms. The van der Waals surface area contributed by atoms with Crippen molar-refractivity contribution in [2.75, 3.05) is 5.32 Å². The molecule has 0 unspecified atom stereocenters. The Hall–Kier alpha value is -3.31. The zero-order valence-corrected chi connectivity index (χ0v) is 13.3. The number of thiazole rings is 1. The second-order valence-electron chi connectivity index (χ2n) is 4.91. The lowest BCUT2D eigenvalue weighted by Gasteiger charge is -2.12. The van der Waals surface area contributed by atoms with Crippen molar-refractivity contribution in [3.63, 3.8) is 0 Å². The van der Waals surface area contributed by atoms with Crippen LogP contribution in [0.4, 0.5) is 5.13 Å². The van der Waals surface area contributed by atoms with Crippen molar-refractivity contribution in [2.24, 2.45) is 0 Å². The van der Waals surface area contributed by atoms with Gasteiger partial charge in [0.05, 0.1) is 17.2 Å². The first-order valence-corrected chi connectivity index (χ1v) is 7.71. The fraction of sp³-hybridized carbons (Fsp3) is 0.0625. The molecule has 1 N–H and O–H groups in total. The van der Waals surface area contributed by atoms with E-state index in [0.717, 1.165) is 11.0 Å². The smallest absolute Gasteiger partial charge is 0.265 e. The number of nitriles is 1. The first-order chi connectivity index (χ1) is 11.5. The Bertz CT molecular complexity index is 925. The number of carbonyl (C=O) groups excluding carboxylic acids is 3. The minimum Gasteiger partial charge on any atom is -0.298 e. The molecule has 2 heterocycles. The van der Waals surface area contributed by atoms with Gasteiger partial charge in [-0.05, 0) is 25.1 Å². The third-order valence-corrected chi connectivity index (χ3v) is 4.12. The van der Waals surface area contributed by atoms with E-state index in [2.05, 4.69) is 10.3 Å². The van der Waals surface area contributed by atoms with Crippen LogP contribution in [-0.2, 0) is 0 Å². The summed E-state index contributed by atoms with van der Waals surface area (Å²) >= 11 is 1.27. The number of amides is 3. The predicted molar refractivity (Wildman–Crippen MR) is 86.4 cm³/mol. The highest BCUT2D eigenvalue weighted by molar-refractivity contribution is 7.13. The van der Waals surface area contributed by atoms with E-state index < -0.39 is 17.7 Å². The fourth-order valence-corrected chi connectivity index (χ4v) is 2.84. The van der Waals surface area contributed by atoms with Crippen molar-refractivity contribution in [2.45, 2.75) is 6.92 Å². The summed E-state index contributed by atoms with van der Waals surface area (Å²) in [5.41, 5.74) is 0.820. The summed E-state index contributed by atoms with van der Waals surface area (Å²) in [5, 5.41) is 13.5. The number of nitrogens with zero attached hydrogens (tertiary/aromatic N) is 3. The standard InChI is InChI=1S/C16H10N4O3S/c1-9(4-5-17)20-14(22)11-3-2-10(8-12(11)15(20)23)13(21)19-16-18-6-7-24-16/h2-4,6-8H,1H3,(H,18,19,21)/b9-4+. The highest BCUT2D eigenvalue weighted by atomic mass is 32.1. The lowest BCUT2D eigenvalue weighted by Crippen LogP contribution is -2.27. The first-order valence-electron chi connectivity index (χ1n) is 6.83. The van der Waals surface area contributed by atoms with Crippen LogP contribution in [0.25, 0.3) is 0 Å². The van der Waals surface area contributed by atoms with Crippen LogP contribution in [0, 0.1) is 11.3 Å². The van der Waals surface area contributed by atoms with E-state index in [0.29, 0.717) is 5.13 Å². The Morgan fingerprint density at radius 3 is 2.75 bits per heavy atom. The molecule has 118 valence electrons. The molecule has 3 rings (SSSR count). The molecule has 3 amide bonds. The minimum absolute atomic E-state index is 0.137. The van der Waals surface area contributed by atoms with E-state index in [1.165, 1.54) is 36.5 Å². The largest absolute Gasteiger partial charge is 0.298 e. The number of nitrogens with one attached hydrogen (secondary N) is 1. The molecule has 0 aliphatic carbocycles. The topological polar surface area (TPSA) is 103 Å². The minimum atomic E-state index is -0.553. The van der Waals surface area contributed by atoms with E-state index in [4.69, 9.17) is 5.26 Å². The summed E-state index contributed by atoms with van der Waals surface area (Å²) in [6.07, 6.45) is 2.69. The molecular formula is C16H10N4O3S. The van der Waals surface area contributed by atoms with E-state index in [1.807, 2.05) is 0 Å². The maximum atomic E-state index is 12.4. The highest BCUT2D eigenvalue weighted by Gasteiger charge is 2.37. The molecule has 1 aromatic heterocycles. The monoisotopic (exact) mass is 338 g/mol. The van der Waals surface area contributed by atoms with Gasteiger partial charge in [-0.1, -0.05) is 0 Å². The lowest BCUT2D eigenvalue weighted by molar-refractivity contribution is 0.0704. The van der Waals surface area contributed by atoms with Gasteiger partial charge in [-0.25, -0.2) is 9.88 Å². The summed E-state index contributed by atoms with van der Waals surface area (Å²) in [6.45, 7) is 1.50. The van der Waals surface area contributed by atoms with E-state index >= 15 is 0 Å². The Kier molecular flexibility index (Phi) is 3.93. The van der Waals surface area contributed by atoms with Crippen molar-refractivity contribution in [3.05, 3.63) is 58.2 Å². The van der Waals surface area contributed by atoms with Gasteiger partial charge in [0.25, 0.3) is 17.7 Å². The zero-order valence-electron chi connectivity index (χ0n) is 12.4. The summed E-state index contributed by atoms with van der Waals surface area (Å²) < 4.78 is 0. The van der Waals surface area contributed by atoms with Crippen LogP contribution in [0.2, 0.25) is 0 Å². The van der Waals surface area contributed by atoms with E-state index in [1.54, 1.807) is 17.6 Å². The van der Waals surface area contributed by atoms with Crippen molar-refractivity contribution >= 4 is 34.2 Å². The first kappa shape index (κ1) is 15.6. The molecule has 0 fully saturated rings. The quantitative estimate of drug-likeness (QED) is 0.684. The van der Waals surface area contributed by atoms with Crippen LogP contribution in [0.1, 0.15) is 38.0 Å². The summed E-state index contributed by atoms with van der Waals surface area (Å²) in [5.74, 6) is -1.48. The zero-order chi connectivity index (χ0) is 17.3. The Morgan fingerprint density at radius 1 is 1.33 bits per heavy atom. The molecule has 2 aromatic rings. The van der Waals surface area contributed by atoms with Gasteiger partial charge in [0.2, 0.25) is 0 Å². The van der Waals surface area contributed by atoms with Crippen LogP contribution >= 0.6 is 11.3 Å². The molecule has 0 bridgehead atoms. The third kappa shape index (κ3) is 2.57. The molecule has 0 saturated heterocycles. The Labute approximate surface area is 140 Å². The average Bonchev–Trinajstić information content (AvgIpc) is 3.15. The number of fused-ring (bicyclic) bond motifs is 1. The third-order valence-electron chi connectivity index (χ3n) is 3.43. The van der Waals surface area contributed by atoms with Gasteiger partial charge in [0.1, 0.15) is 0 Å². The predicted octanol–water partition coefficient (Wildman–Crippen LogP) is 2.42. The number of aromatic nitrogens is 1. The van der Waals surface area contributed by atoms with Gasteiger partial charge in [-0.3, -0.25) is 19.7 Å². The van der Waals surface area contributed by atoms with Crippen LogP contribution < -0.4 is 5.32 Å². The summed E-state index contributed by atoms with van der Waals surface area (Å²) in [6, 6.07) is 6.07. The number of hydrogen-bond acceptors (Lipinski definition) is 6. The molecule has 0 atom stereocenters. The molecule has 1 aliphatic rings. The molecule has 0 radical (unpaired) electrons. The molecule has 1 aliphatic heterocycles. The second-order valence-corrected chi connectivity index (χ2v) is 5.81. The average molecular weight is 338 g/mol. The summed E-state index contributed by atoms with van der Waals surface area (Å²) in [7, 11) is 0. The molecule has 1 aromatic carbocycles. The number of imide groups is 1. The van der Waals surface area contributed by atoms with Crippen LogP contribution in [-0.4, -0.2) is 27.6 Å². The number of carbonyl (C=O) groups is 3. The number of benzene rings is 1. The maximum Gasteiger partial charge on any atom is 0.265 e. The maximum absolute atomic E-state index is 12.4. The molecule has 0 saturated carbocycles. The molecule has 8 heteroatoms. The second kappa shape index (κ2) is 6.06. The number of allylic oxidation sites excluding steroid dienone is 2. The van der Waals surface area contributed by atoms with E-state index in [-0.39, 0.29) is 22.4 Å². The van der Waals surface area contributed by atoms with Crippen LogP contribution in [0.3, 0.4) is 0 Å². The lowest BCUT2D eigenvalue weighted by atomic mass is 10.1. The van der Waals surface area contributed by atoms with Crippen molar-refractivity contribution < 1.29 is 14.4 Å². The van der Waals surface area contributed by atoms with Crippen LogP contribution in [0.5, 0.6) is 0 Å². The molecule has 7 nitrogen and oxygen atoms in total. The Balaban J connectivity index is 1.92. The van der Waals surface area contributed by atoms with Gasteiger partial charge >= 0.3 is 0 Å². The highest BCUT2D eigenvalue weighted by Crippen LogP contribution is 2.27. The number of rotatable bonds is 3. The van der Waals surface area contributed by atoms with Gasteiger partial charge in [-0.2, -0.15) is 5.26 Å². The Morgan fingerprint density at radius 2 is 2.08 bits per heavy atom. The van der Waals surface area contributed by atoms with Crippen molar-refractivity contribution in [1.29, 1.82) is 5.26 Å². The van der Waals surface area contributed by atoms with Crippen molar-refractivity contribution in [3.8, 4) is 6.07 Å². The van der Waals surface area contributed by atoms with Gasteiger partial charge in [0, 0.05) is 28.9 Å².